The largest absolute Gasteiger partial charge is 0.497 e. The van der Waals surface area contributed by atoms with Crippen molar-refractivity contribution in [2.45, 2.75) is 19.9 Å². The van der Waals surface area contributed by atoms with E-state index in [2.05, 4.69) is 52.1 Å². The Morgan fingerprint density at radius 3 is 2.83 bits per heavy atom. The molecule has 1 aliphatic rings. The number of anilines is 1. The van der Waals surface area contributed by atoms with Gasteiger partial charge in [-0.1, -0.05) is 29.8 Å². The average molecular weight is 313 g/mol. The van der Waals surface area contributed by atoms with Gasteiger partial charge in [-0.3, -0.25) is 0 Å². The van der Waals surface area contributed by atoms with Crippen molar-refractivity contribution in [3.63, 3.8) is 0 Å². The molecule has 0 aliphatic carbocycles. The number of piperazine rings is 1. The maximum Gasteiger partial charge on any atom is 0.122 e. The number of rotatable bonds is 3. The summed E-state index contributed by atoms with van der Waals surface area (Å²) in [6.07, 6.45) is 0. The number of hydrogen-bond donors (Lipinski definition) is 1. The van der Waals surface area contributed by atoms with Crippen molar-refractivity contribution < 1.29 is 4.74 Å². The molecule has 1 aliphatic heterocycles. The highest BCUT2D eigenvalue weighted by molar-refractivity contribution is 9.10. The van der Waals surface area contributed by atoms with Crippen molar-refractivity contribution in [1.82, 2.24) is 5.32 Å². The molecule has 0 saturated carbocycles. The number of benzene rings is 1. The molecular weight excluding hydrogens is 292 g/mol. The fourth-order valence-electron chi connectivity index (χ4n) is 2.31. The molecule has 4 heteroatoms. The molecule has 1 heterocycles. The second kappa shape index (κ2) is 5.93. The minimum Gasteiger partial charge on any atom is -0.497 e. The third-order valence-corrected chi connectivity index (χ3v) is 3.92. The molecule has 1 fully saturated rings. The third-order valence-electron chi connectivity index (χ3n) is 3.47. The van der Waals surface area contributed by atoms with E-state index in [1.54, 1.807) is 7.11 Å². The van der Waals surface area contributed by atoms with Gasteiger partial charge in [0.25, 0.3) is 0 Å². The van der Waals surface area contributed by atoms with Crippen molar-refractivity contribution in [2.75, 3.05) is 31.6 Å². The Balaban J connectivity index is 2.17. The standard InChI is InChI=1S/C14H21BrN2O/c1-10(2)14-9-17(5-4-16-14)12-6-11(15)7-13(8-12)18-3/h6-8,10,14,16H,4-5,9H2,1-3H3. The lowest BCUT2D eigenvalue weighted by Crippen LogP contribution is -2.53. The van der Waals surface area contributed by atoms with Crippen molar-refractivity contribution in [3.8, 4) is 5.75 Å². The molecule has 0 spiro atoms. The van der Waals surface area contributed by atoms with E-state index in [1.165, 1.54) is 5.69 Å². The highest BCUT2D eigenvalue weighted by atomic mass is 79.9. The van der Waals surface area contributed by atoms with Gasteiger partial charge in [-0.25, -0.2) is 0 Å². The summed E-state index contributed by atoms with van der Waals surface area (Å²) in [5.41, 5.74) is 1.23. The zero-order chi connectivity index (χ0) is 13.1. The van der Waals surface area contributed by atoms with Gasteiger partial charge in [-0.15, -0.1) is 0 Å². The maximum absolute atomic E-state index is 5.33. The second-order valence-electron chi connectivity index (χ2n) is 5.10. The summed E-state index contributed by atoms with van der Waals surface area (Å²) in [6, 6.07) is 6.81. The summed E-state index contributed by atoms with van der Waals surface area (Å²) in [7, 11) is 1.71. The molecule has 3 nitrogen and oxygen atoms in total. The van der Waals surface area contributed by atoms with Gasteiger partial charge in [0.2, 0.25) is 0 Å². The van der Waals surface area contributed by atoms with Gasteiger partial charge >= 0.3 is 0 Å². The summed E-state index contributed by atoms with van der Waals surface area (Å²) < 4.78 is 6.39. The molecule has 2 rings (SSSR count). The lowest BCUT2D eigenvalue weighted by atomic mass is 10.0. The summed E-state index contributed by atoms with van der Waals surface area (Å²) in [5, 5.41) is 3.58. The first kappa shape index (κ1) is 13.7. The van der Waals surface area contributed by atoms with Crippen LogP contribution in [0.1, 0.15) is 13.8 Å². The van der Waals surface area contributed by atoms with Crippen molar-refractivity contribution in [3.05, 3.63) is 22.7 Å². The van der Waals surface area contributed by atoms with E-state index in [0.29, 0.717) is 12.0 Å². The van der Waals surface area contributed by atoms with E-state index >= 15 is 0 Å². The molecule has 0 radical (unpaired) electrons. The van der Waals surface area contributed by atoms with Crippen LogP contribution in [0.3, 0.4) is 0 Å². The van der Waals surface area contributed by atoms with Crippen LogP contribution in [0.25, 0.3) is 0 Å². The normalized spacial score (nSPS) is 20.3. The van der Waals surface area contributed by atoms with E-state index in [0.717, 1.165) is 29.9 Å². The second-order valence-corrected chi connectivity index (χ2v) is 6.02. The van der Waals surface area contributed by atoms with Gasteiger partial charge in [0.05, 0.1) is 7.11 Å². The molecule has 0 bridgehead atoms. The van der Waals surface area contributed by atoms with Crippen LogP contribution in [0, 0.1) is 5.92 Å². The summed E-state index contributed by atoms with van der Waals surface area (Å²) >= 11 is 3.54. The molecule has 18 heavy (non-hydrogen) atoms. The molecule has 1 unspecified atom stereocenters. The van der Waals surface area contributed by atoms with Gasteiger partial charge in [0.15, 0.2) is 0 Å². The van der Waals surface area contributed by atoms with E-state index in [1.807, 2.05) is 6.07 Å². The Labute approximate surface area is 118 Å². The predicted molar refractivity (Wildman–Crippen MR) is 79.5 cm³/mol. The number of methoxy groups -OCH3 is 1. The first-order valence-corrected chi connectivity index (χ1v) is 7.22. The number of nitrogens with zero attached hydrogens (tertiary/aromatic N) is 1. The van der Waals surface area contributed by atoms with E-state index in [9.17, 15) is 0 Å². The van der Waals surface area contributed by atoms with Crippen LogP contribution in [0.4, 0.5) is 5.69 Å². The number of nitrogens with one attached hydrogen (secondary N) is 1. The van der Waals surface area contributed by atoms with Crippen LogP contribution >= 0.6 is 15.9 Å². The number of halogens is 1. The minimum absolute atomic E-state index is 0.559. The highest BCUT2D eigenvalue weighted by Gasteiger charge is 2.22. The van der Waals surface area contributed by atoms with Crippen LogP contribution in [0.5, 0.6) is 5.75 Å². The summed E-state index contributed by atoms with van der Waals surface area (Å²) in [6.45, 7) is 7.67. The van der Waals surface area contributed by atoms with Crippen LogP contribution in [-0.2, 0) is 0 Å². The monoisotopic (exact) mass is 312 g/mol. The Bertz CT molecular complexity index is 409. The van der Waals surface area contributed by atoms with Gasteiger partial charge in [0, 0.05) is 41.9 Å². The van der Waals surface area contributed by atoms with E-state index in [-0.39, 0.29) is 0 Å². The number of hydrogen-bond acceptors (Lipinski definition) is 3. The molecule has 1 saturated heterocycles. The van der Waals surface area contributed by atoms with Crippen molar-refractivity contribution in [2.24, 2.45) is 5.92 Å². The van der Waals surface area contributed by atoms with Gasteiger partial charge in [0.1, 0.15) is 5.75 Å². The lowest BCUT2D eigenvalue weighted by molar-refractivity contribution is 0.368. The quantitative estimate of drug-likeness (QED) is 0.929. The zero-order valence-corrected chi connectivity index (χ0v) is 12.8. The summed E-state index contributed by atoms with van der Waals surface area (Å²) in [4.78, 5) is 2.43. The first-order valence-electron chi connectivity index (χ1n) is 6.43. The molecule has 1 aromatic rings. The van der Waals surface area contributed by atoms with Gasteiger partial charge < -0.3 is 15.0 Å². The van der Waals surface area contributed by atoms with Crippen LogP contribution in [0.15, 0.2) is 22.7 Å². The number of ether oxygens (including phenoxy) is 1. The Morgan fingerprint density at radius 2 is 2.17 bits per heavy atom. The lowest BCUT2D eigenvalue weighted by Gasteiger charge is -2.37. The molecule has 0 amide bonds. The topological polar surface area (TPSA) is 24.5 Å². The van der Waals surface area contributed by atoms with Crippen molar-refractivity contribution in [1.29, 1.82) is 0 Å². The zero-order valence-electron chi connectivity index (χ0n) is 11.2. The molecule has 1 aromatic carbocycles. The van der Waals surface area contributed by atoms with E-state index < -0.39 is 0 Å². The van der Waals surface area contributed by atoms with Crippen LogP contribution in [-0.4, -0.2) is 32.8 Å². The molecule has 100 valence electrons. The fourth-order valence-corrected chi connectivity index (χ4v) is 2.77. The van der Waals surface area contributed by atoms with Gasteiger partial charge in [-0.2, -0.15) is 0 Å². The summed E-state index contributed by atoms with van der Waals surface area (Å²) in [5.74, 6) is 1.56. The predicted octanol–water partition coefficient (Wildman–Crippen LogP) is 2.89. The fraction of sp³-hybridized carbons (Fsp3) is 0.571. The van der Waals surface area contributed by atoms with E-state index in [4.69, 9.17) is 4.74 Å². The van der Waals surface area contributed by atoms with Crippen LogP contribution < -0.4 is 15.0 Å². The average Bonchev–Trinajstić information content (AvgIpc) is 2.38. The SMILES string of the molecule is COc1cc(Br)cc(N2CCNC(C(C)C)C2)c1. The molecule has 1 atom stereocenters. The van der Waals surface area contributed by atoms with Crippen LogP contribution in [0.2, 0.25) is 0 Å². The third kappa shape index (κ3) is 3.18. The van der Waals surface area contributed by atoms with Crippen molar-refractivity contribution >= 4 is 21.6 Å². The molecule has 0 aromatic heterocycles. The maximum atomic E-state index is 5.33. The van der Waals surface area contributed by atoms with Gasteiger partial charge in [-0.05, 0) is 18.1 Å². The Hall–Kier alpha value is -0.740. The molecular formula is C14H21BrN2O. The minimum atomic E-state index is 0.559. The Kier molecular flexibility index (Phi) is 4.51. The smallest absolute Gasteiger partial charge is 0.122 e. The highest BCUT2D eigenvalue weighted by Crippen LogP contribution is 2.28. The Morgan fingerprint density at radius 1 is 1.39 bits per heavy atom. The molecule has 1 N–H and O–H groups in total. The first-order chi connectivity index (χ1) is 8.60.